The number of nitrogens with one attached hydrogen (secondary N) is 1. The SMILES string of the molecule is O=C(CCSc1ccccc1F)N[C@H](CO)C(=O)O. The van der Waals surface area contributed by atoms with E-state index in [1.54, 1.807) is 18.2 Å². The average molecular weight is 287 g/mol. The third-order valence-corrected chi connectivity index (χ3v) is 3.29. The Balaban J connectivity index is 2.35. The van der Waals surface area contributed by atoms with Crippen molar-refractivity contribution < 1.29 is 24.2 Å². The first-order valence-corrected chi connectivity index (χ1v) is 6.53. The van der Waals surface area contributed by atoms with Gasteiger partial charge in [0.1, 0.15) is 11.9 Å². The van der Waals surface area contributed by atoms with E-state index < -0.39 is 24.5 Å². The summed E-state index contributed by atoms with van der Waals surface area (Å²) in [5, 5.41) is 19.5. The zero-order valence-electron chi connectivity index (χ0n) is 10.0. The molecule has 1 aromatic carbocycles. The summed E-state index contributed by atoms with van der Waals surface area (Å²) in [6.45, 7) is -0.665. The summed E-state index contributed by atoms with van der Waals surface area (Å²) in [6, 6.07) is 4.90. The van der Waals surface area contributed by atoms with Crippen LogP contribution >= 0.6 is 11.8 Å². The van der Waals surface area contributed by atoms with E-state index in [1.807, 2.05) is 0 Å². The van der Waals surface area contributed by atoms with E-state index in [0.717, 1.165) is 0 Å². The molecule has 0 aliphatic rings. The molecule has 7 heteroatoms. The Kier molecular flexibility index (Phi) is 6.31. The monoisotopic (exact) mass is 287 g/mol. The lowest BCUT2D eigenvalue weighted by molar-refractivity contribution is -0.142. The number of hydrogen-bond acceptors (Lipinski definition) is 4. The van der Waals surface area contributed by atoms with Crippen LogP contribution in [0.5, 0.6) is 0 Å². The summed E-state index contributed by atoms with van der Waals surface area (Å²) in [7, 11) is 0. The number of rotatable bonds is 7. The summed E-state index contributed by atoms with van der Waals surface area (Å²) < 4.78 is 13.3. The van der Waals surface area contributed by atoms with Gasteiger partial charge < -0.3 is 15.5 Å². The molecule has 5 nitrogen and oxygen atoms in total. The lowest BCUT2D eigenvalue weighted by Crippen LogP contribution is -2.43. The van der Waals surface area contributed by atoms with Gasteiger partial charge in [-0.3, -0.25) is 4.79 Å². The van der Waals surface area contributed by atoms with Gasteiger partial charge in [-0.2, -0.15) is 0 Å². The van der Waals surface area contributed by atoms with Gasteiger partial charge >= 0.3 is 5.97 Å². The van der Waals surface area contributed by atoms with Crippen LogP contribution in [-0.2, 0) is 9.59 Å². The molecular formula is C12H14FNO4S. The predicted molar refractivity (Wildman–Crippen MR) is 68.4 cm³/mol. The van der Waals surface area contributed by atoms with E-state index in [2.05, 4.69) is 5.32 Å². The van der Waals surface area contributed by atoms with Crippen molar-refractivity contribution in [1.82, 2.24) is 5.32 Å². The molecule has 0 spiro atoms. The number of carboxylic acids is 1. The van der Waals surface area contributed by atoms with Crippen LogP contribution in [0.1, 0.15) is 6.42 Å². The molecule has 19 heavy (non-hydrogen) atoms. The predicted octanol–water partition coefficient (Wildman–Crippen LogP) is 0.870. The van der Waals surface area contributed by atoms with Crippen molar-refractivity contribution in [1.29, 1.82) is 0 Å². The third-order valence-electron chi connectivity index (χ3n) is 2.24. The molecule has 0 unspecified atom stereocenters. The minimum Gasteiger partial charge on any atom is -0.480 e. The second-order valence-corrected chi connectivity index (χ2v) is 4.81. The average Bonchev–Trinajstić information content (AvgIpc) is 2.38. The molecule has 0 aliphatic heterocycles. The number of carbonyl (C=O) groups is 2. The van der Waals surface area contributed by atoms with E-state index in [1.165, 1.54) is 17.8 Å². The molecule has 0 radical (unpaired) electrons. The highest BCUT2D eigenvalue weighted by atomic mass is 32.2. The van der Waals surface area contributed by atoms with E-state index in [9.17, 15) is 14.0 Å². The van der Waals surface area contributed by atoms with Gasteiger partial charge in [-0.15, -0.1) is 11.8 Å². The molecule has 1 amide bonds. The summed E-state index contributed by atoms with van der Waals surface area (Å²) in [5.41, 5.74) is 0. The number of amides is 1. The second kappa shape index (κ2) is 7.75. The lowest BCUT2D eigenvalue weighted by Gasteiger charge is -2.11. The molecule has 3 N–H and O–H groups in total. The molecule has 1 atom stereocenters. The number of halogens is 1. The molecule has 0 aromatic heterocycles. The summed E-state index contributed by atoms with van der Waals surface area (Å²) >= 11 is 1.17. The highest BCUT2D eigenvalue weighted by Crippen LogP contribution is 2.21. The smallest absolute Gasteiger partial charge is 0.328 e. The van der Waals surface area contributed by atoms with Crippen LogP contribution in [0.4, 0.5) is 4.39 Å². The molecular weight excluding hydrogens is 273 g/mol. The van der Waals surface area contributed by atoms with Gasteiger partial charge in [-0.1, -0.05) is 12.1 Å². The van der Waals surface area contributed by atoms with Crippen molar-refractivity contribution in [3.8, 4) is 0 Å². The number of aliphatic hydroxyl groups excluding tert-OH is 1. The van der Waals surface area contributed by atoms with Crippen molar-refractivity contribution >= 4 is 23.6 Å². The first-order valence-electron chi connectivity index (χ1n) is 5.55. The topological polar surface area (TPSA) is 86.6 Å². The number of aliphatic hydroxyl groups is 1. The first kappa shape index (κ1) is 15.5. The van der Waals surface area contributed by atoms with Gasteiger partial charge in [0.15, 0.2) is 0 Å². The minimum atomic E-state index is -1.30. The molecule has 0 bridgehead atoms. The van der Waals surface area contributed by atoms with E-state index >= 15 is 0 Å². The van der Waals surface area contributed by atoms with Crippen LogP contribution in [0.3, 0.4) is 0 Å². The number of carboxylic acid groups (broad SMARTS) is 1. The van der Waals surface area contributed by atoms with Gasteiger partial charge in [0.2, 0.25) is 5.91 Å². The lowest BCUT2D eigenvalue weighted by atomic mass is 10.3. The molecule has 0 fully saturated rings. The van der Waals surface area contributed by atoms with Crippen LogP contribution in [0.2, 0.25) is 0 Å². The van der Waals surface area contributed by atoms with Crippen LogP contribution < -0.4 is 5.32 Å². The number of thioether (sulfide) groups is 1. The molecule has 0 saturated carbocycles. The van der Waals surface area contributed by atoms with Gasteiger partial charge in [-0.05, 0) is 12.1 Å². The molecule has 1 aromatic rings. The number of benzene rings is 1. The zero-order valence-corrected chi connectivity index (χ0v) is 10.8. The third kappa shape index (κ3) is 5.27. The van der Waals surface area contributed by atoms with Crippen LogP contribution in [0.25, 0.3) is 0 Å². The first-order chi connectivity index (χ1) is 9.04. The number of aliphatic carboxylic acids is 1. The molecule has 104 valence electrons. The van der Waals surface area contributed by atoms with Crippen molar-refractivity contribution in [2.75, 3.05) is 12.4 Å². The highest BCUT2D eigenvalue weighted by molar-refractivity contribution is 7.99. The Bertz CT molecular complexity index is 455. The Morgan fingerprint density at radius 1 is 1.37 bits per heavy atom. The normalized spacial score (nSPS) is 11.9. The second-order valence-electron chi connectivity index (χ2n) is 3.67. The molecule has 1 rings (SSSR count). The fourth-order valence-corrected chi connectivity index (χ4v) is 2.16. The van der Waals surface area contributed by atoms with Gasteiger partial charge in [0, 0.05) is 17.1 Å². The maximum absolute atomic E-state index is 13.3. The summed E-state index contributed by atoms with van der Waals surface area (Å²) in [5.74, 6) is -1.82. The maximum Gasteiger partial charge on any atom is 0.328 e. The van der Waals surface area contributed by atoms with E-state index in [0.29, 0.717) is 10.6 Å². The Hall–Kier alpha value is -1.60. The van der Waals surface area contributed by atoms with Crippen LogP contribution in [0.15, 0.2) is 29.2 Å². The van der Waals surface area contributed by atoms with Crippen molar-refractivity contribution in [2.24, 2.45) is 0 Å². The number of carbonyl (C=O) groups excluding carboxylic acids is 1. The summed E-state index contributed by atoms with van der Waals surface area (Å²) in [4.78, 5) is 22.4. The minimum absolute atomic E-state index is 0.0444. The largest absolute Gasteiger partial charge is 0.480 e. The Morgan fingerprint density at radius 3 is 2.63 bits per heavy atom. The maximum atomic E-state index is 13.3. The number of hydrogen-bond donors (Lipinski definition) is 3. The summed E-state index contributed by atoms with van der Waals surface area (Å²) in [6.07, 6.45) is 0.0444. The molecule has 0 saturated heterocycles. The van der Waals surface area contributed by atoms with E-state index in [-0.39, 0.29) is 12.2 Å². The fourth-order valence-electron chi connectivity index (χ4n) is 1.27. The quantitative estimate of drug-likeness (QED) is 0.648. The van der Waals surface area contributed by atoms with Crippen LogP contribution in [-0.4, -0.2) is 40.5 Å². The van der Waals surface area contributed by atoms with Crippen molar-refractivity contribution in [3.05, 3.63) is 30.1 Å². The van der Waals surface area contributed by atoms with E-state index in [4.69, 9.17) is 10.2 Å². The zero-order chi connectivity index (χ0) is 14.3. The van der Waals surface area contributed by atoms with Gasteiger partial charge in [-0.25, -0.2) is 9.18 Å². The standard InChI is InChI=1S/C12H14FNO4S/c13-8-3-1-2-4-10(8)19-6-5-11(16)14-9(7-15)12(17)18/h1-4,9,15H,5-7H2,(H,14,16)(H,17,18)/t9-/m1/s1. The Morgan fingerprint density at radius 2 is 2.05 bits per heavy atom. The Labute approximate surface area is 113 Å². The molecule has 0 heterocycles. The van der Waals surface area contributed by atoms with Gasteiger partial charge in [0.05, 0.1) is 6.61 Å². The van der Waals surface area contributed by atoms with Crippen molar-refractivity contribution in [2.45, 2.75) is 17.4 Å². The van der Waals surface area contributed by atoms with Crippen molar-refractivity contribution in [3.63, 3.8) is 0 Å². The van der Waals surface area contributed by atoms with Crippen LogP contribution in [0, 0.1) is 5.82 Å². The molecule has 0 aliphatic carbocycles. The fraction of sp³-hybridized carbons (Fsp3) is 0.333. The highest BCUT2D eigenvalue weighted by Gasteiger charge is 2.18. The van der Waals surface area contributed by atoms with Gasteiger partial charge in [0.25, 0.3) is 0 Å².